The molecule has 0 saturated carbocycles. The van der Waals surface area contributed by atoms with Gasteiger partial charge in [-0.25, -0.2) is 0 Å². The number of benzene rings is 1. The number of carbonyl (C=O) groups excluding carboxylic acids is 2. The highest BCUT2D eigenvalue weighted by Gasteiger charge is 2.29. The summed E-state index contributed by atoms with van der Waals surface area (Å²) in [7, 11) is 0. The van der Waals surface area contributed by atoms with Crippen molar-refractivity contribution in [2.24, 2.45) is 5.73 Å². The molecule has 0 unspecified atom stereocenters. The summed E-state index contributed by atoms with van der Waals surface area (Å²) in [6.07, 6.45) is 0.498. The van der Waals surface area contributed by atoms with Gasteiger partial charge in [-0.1, -0.05) is 23.2 Å². The van der Waals surface area contributed by atoms with Gasteiger partial charge in [0.25, 0.3) is 5.91 Å². The van der Waals surface area contributed by atoms with Crippen molar-refractivity contribution in [3.05, 3.63) is 33.8 Å². The number of amides is 2. The number of carbonyl (C=O) groups is 2. The molecule has 2 atom stereocenters. The zero-order chi connectivity index (χ0) is 14.7. The Balaban J connectivity index is 1.88. The molecule has 20 heavy (non-hydrogen) atoms. The minimum absolute atomic E-state index is 0.206. The first-order chi connectivity index (χ1) is 9.47. The molecule has 1 aromatic carbocycles. The van der Waals surface area contributed by atoms with Crippen molar-refractivity contribution >= 4 is 35.0 Å². The van der Waals surface area contributed by atoms with Crippen LogP contribution in [0.2, 0.25) is 10.0 Å². The zero-order valence-electron chi connectivity index (χ0n) is 10.6. The van der Waals surface area contributed by atoms with Crippen LogP contribution in [0.1, 0.15) is 23.2 Å². The molecule has 0 radical (unpaired) electrons. The lowest BCUT2D eigenvalue weighted by molar-refractivity contribution is -0.128. The minimum atomic E-state index is -0.559. The summed E-state index contributed by atoms with van der Waals surface area (Å²) < 4.78 is 5.42. The molecule has 0 aromatic heterocycles. The van der Waals surface area contributed by atoms with E-state index in [0.717, 1.165) is 0 Å². The smallest absolute Gasteiger partial charge is 0.252 e. The van der Waals surface area contributed by atoms with Gasteiger partial charge in [-0.3, -0.25) is 9.59 Å². The quantitative estimate of drug-likeness (QED) is 0.888. The summed E-state index contributed by atoms with van der Waals surface area (Å²) in [6, 6.07) is 4.66. The van der Waals surface area contributed by atoms with Gasteiger partial charge in [0.2, 0.25) is 5.91 Å². The molecule has 108 valence electrons. The Bertz CT molecular complexity index is 536. The van der Waals surface area contributed by atoms with Gasteiger partial charge in [0, 0.05) is 11.6 Å². The molecule has 2 amide bonds. The van der Waals surface area contributed by atoms with E-state index in [4.69, 9.17) is 33.7 Å². The lowest BCUT2D eigenvalue weighted by Gasteiger charge is -2.13. The molecule has 1 saturated heterocycles. The third kappa shape index (κ3) is 3.62. The number of rotatable bonds is 4. The van der Waals surface area contributed by atoms with Gasteiger partial charge < -0.3 is 15.8 Å². The lowest BCUT2D eigenvalue weighted by atomic mass is 10.1. The van der Waals surface area contributed by atoms with Crippen molar-refractivity contribution in [2.45, 2.75) is 25.0 Å². The fourth-order valence-corrected chi connectivity index (χ4v) is 2.53. The van der Waals surface area contributed by atoms with Crippen LogP contribution in [-0.2, 0) is 9.53 Å². The van der Waals surface area contributed by atoms with E-state index < -0.39 is 12.0 Å². The Morgan fingerprint density at radius 2 is 2.10 bits per heavy atom. The highest BCUT2D eigenvalue weighted by molar-refractivity contribution is 6.36. The molecule has 1 aliphatic rings. The molecule has 0 aliphatic carbocycles. The van der Waals surface area contributed by atoms with Gasteiger partial charge in [0.15, 0.2) is 0 Å². The van der Waals surface area contributed by atoms with E-state index in [1.54, 1.807) is 12.1 Å². The second kappa shape index (κ2) is 6.43. The predicted molar refractivity (Wildman–Crippen MR) is 75.9 cm³/mol. The molecule has 5 nitrogen and oxygen atoms in total. The maximum atomic E-state index is 12.0. The van der Waals surface area contributed by atoms with Crippen molar-refractivity contribution in [2.75, 3.05) is 6.54 Å². The molecule has 1 heterocycles. The molecular formula is C13H14Cl2N2O3. The Labute approximate surface area is 126 Å². The van der Waals surface area contributed by atoms with E-state index >= 15 is 0 Å². The van der Waals surface area contributed by atoms with E-state index in [-0.39, 0.29) is 17.0 Å². The molecule has 7 heteroatoms. The fourth-order valence-electron chi connectivity index (χ4n) is 2.04. The number of hydrogen-bond acceptors (Lipinski definition) is 3. The van der Waals surface area contributed by atoms with Crippen LogP contribution in [-0.4, -0.2) is 30.6 Å². The average molecular weight is 317 g/mol. The van der Waals surface area contributed by atoms with Crippen molar-refractivity contribution in [1.29, 1.82) is 0 Å². The number of hydrogen-bond donors (Lipinski definition) is 2. The fraction of sp³-hybridized carbons (Fsp3) is 0.385. The standard InChI is InChI=1S/C13H14Cl2N2O3/c14-7-1-3-9(10(15)5-7)13(19)17-6-8-2-4-11(20-8)12(16)18/h1,3,5,8,11H,2,4,6H2,(H2,16,18)(H,17,19)/t8-,11+/m0/s1. The van der Waals surface area contributed by atoms with E-state index in [0.29, 0.717) is 30.0 Å². The molecular weight excluding hydrogens is 303 g/mol. The van der Waals surface area contributed by atoms with Gasteiger partial charge in [0.05, 0.1) is 16.7 Å². The number of nitrogens with two attached hydrogens (primary N) is 1. The van der Waals surface area contributed by atoms with Gasteiger partial charge in [-0.15, -0.1) is 0 Å². The number of primary amides is 1. The van der Waals surface area contributed by atoms with E-state index in [1.807, 2.05) is 0 Å². The third-order valence-electron chi connectivity index (χ3n) is 3.09. The second-order valence-electron chi connectivity index (χ2n) is 4.56. The van der Waals surface area contributed by atoms with Gasteiger partial charge in [-0.2, -0.15) is 0 Å². The summed E-state index contributed by atoms with van der Waals surface area (Å²) in [6.45, 7) is 0.307. The van der Waals surface area contributed by atoms with Crippen LogP contribution in [0.25, 0.3) is 0 Å². The lowest BCUT2D eigenvalue weighted by Crippen LogP contribution is -2.34. The molecule has 3 N–H and O–H groups in total. The first kappa shape index (κ1) is 15.1. The monoisotopic (exact) mass is 316 g/mol. The summed E-state index contributed by atoms with van der Waals surface area (Å²) in [5.41, 5.74) is 5.51. The first-order valence-corrected chi connectivity index (χ1v) is 6.91. The normalized spacial score (nSPS) is 21.7. The predicted octanol–water partition coefficient (Wildman–Crippen LogP) is 1.76. The topological polar surface area (TPSA) is 81.4 Å². The Hall–Kier alpha value is -1.30. The van der Waals surface area contributed by atoms with Gasteiger partial charge in [-0.05, 0) is 31.0 Å². The Kier molecular flexibility index (Phi) is 4.86. The maximum absolute atomic E-state index is 12.0. The third-order valence-corrected chi connectivity index (χ3v) is 3.64. The van der Waals surface area contributed by atoms with Crippen LogP contribution in [0.5, 0.6) is 0 Å². The molecule has 0 bridgehead atoms. The van der Waals surface area contributed by atoms with Crippen LogP contribution in [0.3, 0.4) is 0 Å². The van der Waals surface area contributed by atoms with E-state index in [1.165, 1.54) is 6.07 Å². The molecule has 1 aromatic rings. The Morgan fingerprint density at radius 3 is 2.70 bits per heavy atom. The summed E-state index contributed by atoms with van der Waals surface area (Å²) >= 11 is 11.7. The molecule has 1 aliphatic heterocycles. The SMILES string of the molecule is NC(=O)[C@H]1CC[C@@H](CNC(=O)c2ccc(Cl)cc2Cl)O1. The number of halogens is 2. The Morgan fingerprint density at radius 1 is 1.35 bits per heavy atom. The van der Waals surface area contributed by atoms with Crippen molar-refractivity contribution in [3.8, 4) is 0 Å². The van der Waals surface area contributed by atoms with Crippen LogP contribution >= 0.6 is 23.2 Å². The first-order valence-electron chi connectivity index (χ1n) is 6.15. The molecule has 2 rings (SSSR count). The van der Waals surface area contributed by atoms with Gasteiger partial charge >= 0.3 is 0 Å². The van der Waals surface area contributed by atoms with Crippen LogP contribution in [0.4, 0.5) is 0 Å². The molecule has 1 fully saturated rings. The van der Waals surface area contributed by atoms with Crippen LogP contribution in [0.15, 0.2) is 18.2 Å². The highest BCUT2D eigenvalue weighted by Crippen LogP contribution is 2.22. The second-order valence-corrected chi connectivity index (χ2v) is 5.40. The van der Waals surface area contributed by atoms with Crippen molar-refractivity contribution in [1.82, 2.24) is 5.32 Å². The molecule has 0 spiro atoms. The zero-order valence-corrected chi connectivity index (χ0v) is 12.1. The van der Waals surface area contributed by atoms with Crippen molar-refractivity contribution < 1.29 is 14.3 Å². The van der Waals surface area contributed by atoms with Crippen LogP contribution < -0.4 is 11.1 Å². The summed E-state index contributed by atoms with van der Waals surface area (Å²) in [5.74, 6) is -0.780. The average Bonchev–Trinajstić information content (AvgIpc) is 2.85. The number of nitrogens with one attached hydrogen (secondary N) is 1. The van der Waals surface area contributed by atoms with Crippen LogP contribution in [0, 0.1) is 0 Å². The van der Waals surface area contributed by atoms with E-state index in [2.05, 4.69) is 5.32 Å². The highest BCUT2D eigenvalue weighted by atomic mass is 35.5. The van der Waals surface area contributed by atoms with E-state index in [9.17, 15) is 9.59 Å². The number of ether oxygens (including phenoxy) is 1. The minimum Gasteiger partial charge on any atom is -0.367 e. The summed E-state index contributed by atoms with van der Waals surface area (Å²) in [5, 5.41) is 3.47. The van der Waals surface area contributed by atoms with Crippen molar-refractivity contribution in [3.63, 3.8) is 0 Å². The van der Waals surface area contributed by atoms with Gasteiger partial charge in [0.1, 0.15) is 6.10 Å². The maximum Gasteiger partial charge on any atom is 0.252 e. The largest absolute Gasteiger partial charge is 0.367 e. The summed E-state index contributed by atoms with van der Waals surface area (Å²) in [4.78, 5) is 22.9.